The SMILES string of the molecule is CC(C)(C)CCCCS([O])(=O)=O. The predicted octanol–water partition coefficient (Wildman–Crippen LogP) is 1.96. The topological polar surface area (TPSA) is 54.0 Å². The van der Waals surface area contributed by atoms with Crippen LogP contribution in [0.4, 0.5) is 0 Å². The Morgan fingerprint density at radius 2 is 1.58 bits per heavy atom. The van der Waals surface area contributed by atoms with Gasteiger partial charge in [0.15, 0.2) is 0 Å². The van der Waals surface area contributed by atoms with Gasteiger partial charge >= 0.3 is 0 Å². The van der Waals surface area contributed by atoms with E-state index in [-0.39, 0.29) is 11.2 Å². The highest BCUT2D eigenvalue weighted by Crippen LogP contribution is 2.21. The van der Waals surface area contributed by atoms with Gasteiger partial charge in [-0.05, 0) is 18.3 Å². The van der Waals surface area contributed by atoms with Gasteiger partial charge in [0, 0.05) is 0 Å². The zero-order valence-electron chi connectivity index (χ0n) is 7.96. The molecule has 0 aliphatic carbocycles. The molecule has 3 nitrogen and oxygen atoms in total. The first-order valence-corrected chi connectivity index (χ1v) is 5.72. The van der Waals surface area contributed by atoms with Crippen molar-refractivity contribution in [3.05, 3.63) is 0 Å². The molecule has 0 fully saturated rings. The van der Waals surface area contributed by atoms with Crippen LogP contribution in [0, 0.1) is 5.41 Å². The van der Waals surface area contributed by atoms with Crippen molar-refractivity contribution in [2.45, 2.75) is 40.0 Å². The van der Waals surface area contributed by atoms with Gasteiger partial charge in [-0.3, -0.25) is 0 Å². The molecule has 0 aliphatic heterocycles. The van der Waals surface area contributed by atoms with E-state index in [4.69, 9.17) is 0 Å². The third kappa shape index (κ3) is 9.91. The summed E-state index contributed by atoms with van der Waals surface area (Å²) in [7, 11) is -3.99. The third-order valence-electron chi connectivity index (χ3n) is 1.57. The average molecular weight is 193 g/mol. The second-order valence-corrected chi connectivity index (χ2v) is 5.80. The van der Waals surface area contributed by atoms with E-state index in [0.717, 1.165) is 12.8 Å². The summed E-state index contributed by atoms with van der Waals surface area (Å²) in [5, 5.41) is 0. The van der Waals surface area contributed by atoms with Gasteiger partial charge < -0.3 is 0 Å². The molecule has 4 heteroatoms. The van der Waals surface area contributed by atoms with Gasteiger partial charge in [-0.2, -0.15) is 8.42 Å². The van der Waals surface area contributed by atoms with Crippen LogP contribution in [-0.2, 0) is 14.7 Å². The van der Waals surface area contributed by atoms with E-state index in [9.17, 15) is 13.0 Å². The summed E-state index contributed by atoms with van der Waals surface area (Å²) in [6, 6.07) is 0. The molecule has 0 spiro atoms. The minimum Gasteiger partial charge on any atom is -0.197 e. The Balaban J connectivity index is 3.48. The van der Waals surface area contributed by atoms with Crippen LogP contribution in [0.25, 0.3) is 0 Å². The van der Waals surface area contributed by atoms with Crippen molar-refractivity contribution in [1.82, 2.24) is 0 Å². The molecule has 0 aromatic rings. The summed E-state index contributed by atoms with van der Waals surface area (Å²) >= 11 is 0. The maximum absolute atomic E-state index is 10.2. The monoisotopic (exact) mass is 193 g/mol. The first-order valence-electron chi connectivity index (χ1n) is 4.14. The Labute approximate surface area is 74.9 Å². The molecule has 73 valence electrons. The number of unbranched alkanes of at least 4 members (excludes halogenated alkanes) is 1. The van der Waals surface area contributed by atoms with E-state index >= 15 is 0 Å². The van der Waals surface area contributed by atoms with Crippen molar-refractivity contribution in [3.63, 3.8) is 0 Å². The number of hydrogen-bond donors (Lipinski definition) is 0. The second kappa shape index (κ2) is 4.23. The molecule has 0 saturated carbocycles. The van der Waals surface area contributed by atoms with E-state index < -0.39 is 10.1 Å². The van der Waals surface area contributed by atoms with Crippen LogP contribution >= 0.6 is 0 Å². The van der Waals surface area contributed by atoms with Gasteiger partial charge in [-0.1, -0.05) is 31.7 Å². The quantitative estimate of drug-likeness (QED) is 0.641. The van der Waals surface area contributed by atoms with Crippen LogP contribution in [0.1, 0.15) is 40.0 Å². The van der Waals surface area contributed by atoms with Crippen molar-refractivity contribution in [3.8, 4) is 0 Å². The summed E-state index contributed by atoms with van der Waals surface area (Å²) in [5.41, 5.74) is 0.229. The lowest BCUT2D eigenvalue weighted by molar-refractivity contribution is 0.360. The Hall–Kier alpha value is -0.0900. The molecule has 12 heavy (non-hydrogen) atoms. The second-order valence-electron chi connectivity index (χ2n) is 4.28. The standard InChI is InChI=1S/C8H17O3S/c1-8(2,3)6-4-5-7-12(9,10)11/h4-7H2,1-3H3. The predicted molar refractivity (Wildman–Crippen MR) is 47.8 cm³/mol. The van der Waals surface area contributed by atoms with E-state index in [1.807, 2.05) is 0 Å². The Kier molecular flexibility index (Phi) is 4.20. The fraction of sp³-hybridized carbons (Fsp3) is 1.00. The molecule has 0 aromatic carbocycles. The lowest BCUT2D eigenvalue weighted by Gasteiger charge is -2.16. The van der Waals surface area contributed by atoms with Crippen LogP contribution in [0.3, 0.4) is 0 Å². The summed E-state index contributed by atoms with van der Waals surface area (Å²) < 4.78 is 30.6. The van der Waals surface area contributed by atoms with Crippen molar-refractivity contribution < 1.29 is 13.0 Å². The molecular formula is C8H17O3S. The van der Waals surface area contributed by atoms with E-state index in [1.54, 1.807) is 0 Å². The zero-order valence-corrected chi connectivity index (χ0v) is 8.78. The first-order chi connectivity index (χ1) is 5.21. The third-order valence-corrected chi connectivity index (χ3v) is 2.36. The normalized spacial score (nSPS) is 13.3. The number of rotatable bonds is 4. The van der Waals surface area contributed by atoms with Crippen LogP contribution in [0.5, 0.6) is 0 Å². The van der Waals surface area contributed by atoms with Gasteiger partial charge in [0.1, 0.15) is 0 Å². The molecule has 0 saturated heterocycles. The van der Waals surface area contributed by atoms with Crippen LogP contribution in [-0.4, -0.2) is 14.2 Å². The van der Waals surface area contributed by atoms with Crippen molar-refractivity contribution in [2.24, 2.45) is 5.41 Å². The fourth-order valence-corrected chi connectivity index (χ4v) is 1.49. The average Bonchev–Trinajstić information content (AvgIpc) is 1.76. The molecule has 0 bridgehead atoms. The van der Waals surface area contributed by atoms with Crippen molar-refractivity contribution in [2.75, 3.05) is 5.75 Å². The molecule has 0 N–H and O–H groups in total. The molecule has 0 heterocycles. The molecule has 0 aliphatic rings. The van der Waals surface area contributed by atoms with Gasteiger partial charge in [0.05, 0.1) is 5.75 Å². The number of hydrogen-bond acceptors (Lipinski definition) is 2. The highest BCUT2D eigenvalue weighted by Gasteiger charge is 2.11. The Morgan fingerprint density at radius 3 is 1.92 bits per heavy atom. The Morgan fingerprint density at radius 1 is 1.08 bits per heavy atom. The molecule has 0 amide bonds. The van der Waals surface area contributed by atoms with Crippen LogP contribution in [0.15, 0.2) is 0 Å². The summed E-state index contributed by atoms with van der Waals surface area (Å²) in [6.45, 7) is 6.29. The molecule has 0 aromatic heterocycles. The first kappa shape index (κ1) is 11.9. The van der Waals surface area contributed by atoms with Crippen LogP contribution in [0.2, 0.25) is 0 Å². The van der Waals surface area contributed by atoms with Gasteiger partial charge in [0.25, 0.3) is 10.1 Å². The van der Waals surface area contributed by atoms with E-state index in [0.29, 0.717) is 6.42 Å². The van der Waals surface area contributed by atoms with Crippen LogP contribution < -0.4 is 0 Å². The zero-order chi connectivity index (χ0) is 9.83. The fourth-order valence-electron chi connectivity index (χ4n) is 0.934. The van der Waals surface area contributed by atoms with Gasteiger partial charge in [-0.15, -0.1) is 0 Å². The lowest BCUT2D eigenvalue weighted by atomic mass is 9.90. The highest BCUT2D eigenvalue weighted by atomic mass is 32.2. The smallest absolute Gasteiger partial charge is 0.197 e. The van der Waals surface area contributed by atoms with Crippen molar-refractivity contribution in [1.29, 1.82) is 0 Å². The lowest BCUT2D eigenvalue weighted by Crippen LogP contribution is -2.07. The maximum atomic E-state index is 10.2. The van der Waals surface area contributed by atoms with Gasteiger partial charge in [0.2, 0.25) is 0 Å². The summed E-state index contributed by atoms with van der Waals surface area (Å²) in [5.74, 6) is -0.219. The molecule has 1 radical (unpaired) electrons. The largest absolute Gasteiger partial charge is 0.294 e. The van der Waals surface area contributed by atoms with Gasteiger partial charge in [-0.25, -0.2) is 0 Å². The molecule has 0 unspecified atom stereocenters. The summed E-state index contributed by atoms with van der Waals surface area (Å²) in [4.78, 5) is 0. The highest BCUT2D eigenvalue weighted by molar-refractivity contribution is 7.85. The minimum atomic E-state index is -3.99. The van der Waals surface area contributed by atoms with Crippen molar-refractivity contribution >= 4 is 10.1 Å². The maximum Gasteiger partial charge on any atom is 0.294 e. The van der Waals surface area contributed by atoms with E-state index in [2.05, 4.69) is 20.8 Å². The molecular weight excluding hydrogens is 176 g/mol. The summed E-state index contributed by atoms with van der Waals surface area (Å²) in [6.07, 6.45) is 2.26. The molecule has 0 atom stereocenters. The Bertz CT molecular complexity index is 211. The van der Waals surface area contributed by atoms with E-state index in [1.165, 1.54) is 0 Å². The molecule has 0 rings (SSSR count). The minimum absolute atomic E-state index is 0.219.